The molecule has 0 spiro atoms. The highest BCUT2D eigenvalue weighted by molar-refractivity contribution is 6.30. The minimum atomic E-state index is -4.93. The van der Waals surface area contributed by atoms with Gasteiger partial charge in [-0.15, -0.1) is 0 Å². The molecule has 18 heavy (non-hydrogen) atoms. The quantitative estimate of drug-likeness (QED) is 0.756. The Hall–Kier alpha value is -1.32. The van der Waals surface area contributed by atoms with Crippen molar-refractivity contribution in [2.24, 2.45) is 7.05 Å². The maximum absolute atomic E-state index is 12.6. The van der Waals surface area contributed by atoms with Crippen molar-refractivity contribution in [3.05, 3.63) is 16.4 Å². The second-order valence-electron chi connectivity index (χ2n) is 3.40. The lowest BCUT2D eigenvalue weighted by molar-refractivity contribution is -0.155. The van der Waals surface area contributed by atoms with Gasteiger partial charge in [0.15, 0.2) is 11.8 Å². The number of rotatable bonds is 3. The van der Waals surface area contributed by atoms with Crippen molar-refractivity contribution in [2.75, 3.05) is 0 Å². The maximum Gasteiger partial charge on any atom is 0.435 e. The van der Waals surface area contributed by atoms with Crippen molar-refractivity contribution in [3.8, 4) is 0 Å². The SMILES string of the molecule is Cn1nc(C(F)(F)F)c(C(O)C(O)C(=O)O)c1Cl. The molecule has 1 rings (SSSR count). The van der Waals surface area contributed by atoms with E-state index in [4.69, 9.17) is 21.8 Å². The highest BCUT2D eigenvalue weighted by Gasteiger charge is 2.43. The number of nitrogens with zero attached hydrogens (tertiary/aromatic N) is 2. The molecule has 1 aromatic heterocycles. The standard InChI is InChI=1S/C8H8ClF3N2O4/c1-14-6(9)2(3(15)4(16)7(17)18)5(13-14)8(10,11)12/h3-4,15-16H,1H3,(H,17,18). The van der Waals surface area contributed by atoms with Crippen LogP contribution < -0.4 is 0 Å². The predicted molar refractivity (Wildman–Crippen MR) is 51.8 cm³/mol. The molecule has 0 bridgehead atoms. The van der Waals surface area contributed by atoms with E-state index in [-0.39, 0.29) is 0 Å². The molecule has 0 aliphatic carbocycles. The minimum Gasteiger partial charge on any atom is -0.479 e. The van der Waals surface area contributed by atoms with Crippen molar-refractivity contribution in [1.82, 2.24) is 9.78 Å². The summed E-state index contributed by atoms with van der Waals surface area (Å²) in [5, 5.41) is 29.4. The Balaban J connectivity index is 3.35. The molecule has 2 atom stereocenters. The van der Waals surface area contributed by atoms with Gasteiger partial charge in [0.1, 0.15) is 11.3 Å². The average molecular weight is 289 g/mol. The van der Waals surface area contributed by atoms with Crippen LogP contribution in [0.2, 0.25) is 5.15 Å². The van der Waals surface area contributed by atoms with Crippen molar-refractivity contribution in [1.29, 1.82) is 0 Å². The lowest BCUT2D eigenvalue weighted by atomic mass is 10.0. The van der Waals surface area contributed by atoms with Gasteiger partial charge in [-0.25, -0.2) is 4.79 Å². The summed E-state index contributed by atoms with van der Waals surface area (Å²) < 4.78 is 38.4. The van der Waals surface area contributed by atoms with Gasteiger partial charge in [-0.1, -0.05) is 11.6 Å². The molecule has 0 aliphatic heterocycles. The molecule has 0 saturated heterocycles. The highest BCUT2D eigenvalue weighted by Crippen LogP contribution is 2.38. The van der Waals surface area contributed by atoms with Gasteiger partial charge in [0.05, 0.1) is 5.56 Å². The molecule has 1 aromatic rings. The van der Waals surface area contributed by atoms with Crippen LogP contribution in [0.25, 0.3) is 0 Å². The van der Waals surface area contributed by atoms with Crippen molar-refractivity contribution in [3.63, 3.8) is 0 Å². The summed E-state index contributed by atoms with van der Waals surface area (Å²) >= 11 is 5.50. The van der Waals surface area contributed by atoms with Gasteiger partial charge in [0.2, 0.25) is 0 Å². The van der Waals surface area contributed by atoms with Crippen LogP contribution in [0.3, 0.4) is 0 Å². The number of aromatic nitrogens is 2. The van der Waals surface area contributed by atoms with Crippen molar-refractivity contribution < 1.29 is 33.3 Å². The number of aliphatic carboxylic acids is 1. The summed E-state index contributed by atoms with van der Waals surface area (Å²) in [5.74, 6) is -1.88. The number of carboxylic acids is 1. The smallest absolute Gasteiger partial charge is 0.435 e. The van der Waals surface area contributed by atoms with E-state index < -0.39 is 40.8 Å². The van der Waals surface area contributed by atoms with Gasteiger partial charge in [-0.3, -0.25) is 4.68 Å². The first-order chi connectivity index (χ1) is 8.07. The van der Waals surface area contributed by atoms with Crippen LogP contribution in [0.5, 0.6) is 0 Å². The molecule has 2 unspecified atom stereocenters. The molecule has 102 valence electrons. The first kappa shape index (κ1) is 14.7. The van der Waals surface area contributed by atoms with Gasteiger partial charge in [0.25, 0.3) is 0 Å². The maximum atomic E-state index is 12.6. The van der Waals surface area contributed by atoms with E-state index in [0.29, 0.717) is 4.68 Å². The number of aliphatic hydroxyl groups is 2. The lowest BCUT2D eigenvalue weighted by Crippen LogP contribution is -2.29. The summed E-state index contributed by atoms with van der Waals surface area (Å²) in [7, 11) is 1.08. The molecule has 3 N–H and O–H groups in total. The highest BCUT2D eigenvalue weighted by atomic mass is 35.5. The molecule has 0 radical (unpaired) electrons. The zero-order chi connectivity index (χ0) is 14.2. The average Bonchev–Trinajstić information content (AvgIpc) is 2.53. The van der Waals surface area contributed by atoms with Gasteiger partial charge in [-0.2, -0.15) is 18.3 Å². The molecule has 0 amide bonds. The van der Waals surface area contributed by atoms with E-state index in [2.05, 4.69) is 5.10 Å². The number of aryl methyl sites for hydroxylation is 1. The zero-order valence-electron chi connectivity index (χ0n) is 8.81. The van der Waals surface area contributed by atoms with E-state index in [1.165, 1.54) is 0 Å². The van der Waals surface area contributed by atoms with Crippen LogP contribution in [0.4, 0.5) is 13.2 Å². The number of carbonyl (C=O) groups is 1. The third kappa shape index (κ3) is 2.57. The summed E-state index contributed by atoms with van der Waals surface area (Å²) in [6.45, 7) is 0. The van der Waals surface area contributed by atoms with Gasteiger partial charge in [-0.05, 0) is 0 Å². The fourth-order valence-electron chi connectivity index (χ4n) is 1.28. The Kier molecular flexibility index (Phi) is 3.89. The number of hydrogen-bond donors (Lipinski definition) is 3. The fourth-order valence-corrected chi connectivity index (χ4v) is 1.52. The van der Waals surface area contributed by atoms with Gasteiger partial charge in [0, 0.05) is 7.05 Å². The van der Waals surface area contributed by atoms with E-state index in [1.807, 2.05) is 0 Å². The molecule has 10 heteroatoms. The van der Waals surface area contributed by atoms with Crippen molar-refractivity contribution >= 4 is 17.6 Å². The summed E-state index contributed by atoms with van der Waals surface area (Å²) in [6.07, 6.45) is -9.70. The number of halogens is 4. The third-order valence-electron chi connectivity index (χ3n) is 2.13. The first-order valence-electron chi connectivity index (χ1n) is 4.46. The Bertz CT molecular complexity index is 474. The molecule has 0 fully saturated rings. The minimum absolute atomic E-state index is 0.602. The van der Waals surface area contributed by atoms with Crippen LogP contribution in [-0.2, 0) is 18.0 Å². The Labute approximate surface area is 103 Å². The van der Waals surface area contributed by atoms with E-state index in [9.17, 15) is 23.1 Å². The summed E-state index contributed by atoms with van der Waals surface area (Å²) in [5.41, 5.74) is -2.51. The number of aliphatic hydroxyl groups excluding tert-OH is 2. The lowest BCUT2D eigenvalue weighted by Gasteiger charge is -2.15. The van der Waals surface area contributed by atoms with Crippen molar-refractivity contribution in [2.45, 2.75) is 18.4 Å². The van der Waals surface area contributed by atoms with Gasteiger partial charge < -0.3 is 15.3 Å². The largest absolute Gasteiger partial charge is 0.479 e. The second-order valence-corrected chi connectivity index (χ2v) is 3.76. The molecule has 1 heterocycles. The molecule has 0 saturated carbocycles. The Morgan fingerprint density at radius 2 is 1.94 bits per heavy atom. The molecule has 6 nitrogen and oxygen atoms in total. The van der Waals surface area contributed by atoms with Crippen LogP contribution in [0, 0.1) is 0 Å². The topological polar surface area (TPSA) is 95.6 Å². The Morgan fingerprint density at radius 1 is 1.44 bits per heavy atom. The number of alkyl halides is 3. The molecular formula is C8H8ClF3N2O4. The van der Waals surface area contributed by atoms with E-state index in [1.54, 1.807) is 0 Å². The van der Waals surface area contributed by atoms with E-state index in [0.717, 1.165) is 7.05 Å². The number of hydrogen-bond acceptors (Lipinski definition) is 4. The summed E-state index contributed by atoms with van der Waals surface area (Å²) in [4.78, 5) is 10.4. The third-order valence-corrected chi connectivity index (χ3v) is 2.58. The van der Waals surface area contributed by atoms with Crippen LogP contribution in [-0.4, -0.2) is 37.2 Å². The normalized spacial score (nSPS) is 15.5. The predicted octanol–water partition coefficient (Wildman–Crippen LogP) is 0.571. The molecular weight excluding hydrogens is 281 g/mol. The summed E-state index contributed by atoms with van der Waals surface area (Å²) in [6, 6.07) is 0. The van der Waals surface area contributed by atoms with Crippen LogP contribution >= 0.6 is 11.6 Å². The van der Waals surface area contributed by atoms with Crippen LogP contribution in [0.15, 0.2) is 0 Å². The number of carboxylic acid groups (broad SMARTS) is 1. The fraction of sp³-hybridized carbons (Fsp3) is 0.500. The van der Waals surface area contributed by atoms with Gasteiger partial charge >= 0.3 is 12.1 Å². The zero-order valence-corrected chi connectivity index (χ0v) is 9.57. The Morgan fingerprint density at radius 3 is 2.33 bits per heavy atom. The van der Waals surface area contributed by atoms with E-state index >= 15 is 0 Å². The molecule has 0 aliphatic rings. The van der Waals surface area contributed by atoms with Crippen LogP contribution in [0.1, 0.15) is 17.4 Å². The monoisotopic (exact) mass is 288 g/mol. The first-order valence-corrected chi connectivity index (χ1v) is 4.83. The molecule has 0 aromatic carbocycles. The second kappa shape index (κ2) is 4.75.